The van der Waals surface area contributed by atoms with Crippen LogP contribution in [0.15, 0.2) is 0 Å². The van der Waals surface area contributed by atoms with E-state index in [2.05, 4.69) is 30.8 Å². The topological polar surface area (TPSA) is 6.48 Å². The highest BCUT2D eigenvalue weighted by molar-refractivity contribution is 4.70. The van der Waals surface area contributed by atoms with Gasteiger partial charge in [-0.25, -0.2) is 0 Å². The van der Waals surface area contributed by atoms with Crippen LogP contribution in [0.25, 0.3) is 0 Å². The first kappa shape index (κ1) is 14.0. The van der Waals surface area contributed by atoms with Gasteiger partial charge < -0.3 is 9.80 Å². The second-order valence-corrected chi connectivity index (χ2v) is 5.55. The standard InChI is InChI=1S/C14H30N2/c1-4-10-15(2)11-6-5-7-14-8-12-16(3)13-9-14/h14H,4-13H2,1-3H3. The molecule has 0 aromatic rings. The Morgan fingerprint density at radius 1 is 1.12 bits per heavy atom. The molecular weight excluding hydrogens is 196 g/mol. The Morgan fingerprint density at radius 3 is 2.44 bits per heavy atom. The van der Waals surface area contributed by atoms with Crippen molar-refractivity contribution in [1.29, 1.82) is 0 Å². The van der Waals surface area contributed by atoms with Gasteiger partial charge in [0.15, 0.2) is 0 Å². The Morgan fingerprint density at radius 2 is 1.81 bits per heavy atom. The lowest BCUT2D eigenvalue weighted by Crippen LogP contribution is -2.30. The molecule has 1 aliphatic heterocycles. The predicted octanol–water partition coefficient (Wildman–Crippen LogP) is 2.84. The van der Waals surface area contributed by atoms with E-state index in [0.717, 1.165) is 5.92 Å². The fraction of sp³-hybridized carbons (Fsp3) is 1.00. The number of unbranched alkanes of at least 4 members (excludes halogenated alkanes) is 1. The van der Waals surface area contributed by atoms with Gasteiger partial charge in [0.1, 0.15) is 0 Å². The van der Waals surface area contributed by atoms with Gasteiger partial charge in [0.2, 0.25) is 0 Å². The molecule has 16 heavy (non-hydrogen) atoms. The van der Waals surface area contributed by atoms with Crippen LogP contribution < -0.4 is 0 Å². The molecule has 0 bridgehead atoms. The lowest BCUT2D eigenvalue weighted by molar-refractivity contribution is 0.207. The molecule has 1 saturated heterocycles. The average molecular weight is 226 g/mol. The Labute approximate surface area is 102 Å². The molecule has 0 amide bonds. The van der Waals surface area contributed by atoms with Gasteiger partial charge in [0.05, 0.1) is 0 Å². The largest absolute Gasteiger partial charge is 0.306 e. The van der Waals surface area contributed by atoms with Crippen LogP contribution in [0, 0.1) is 5.92 Å². The van der Waals surface area contributed by atoms with E-state index in [1.54, 1.807) is 0 Å². The van der Waals surface area contributed by atoms with Gasteiger partial charge in [-0.15, -0.1) is 0 Å². The highest BCUT2D eigenvalue weighted by Gasteiger charge is 2.15. The van der Waals surface area contributed by atoms with Crippen molar-refractivity contribution < 1.29 is 0 Å². The van der Waals surface area contributed by atoms with Crippen molar-refractivity contribution in [2.75, 3.05) is 40.3 Å². The normalized spacial score (nSPS) is 19.5. The van der Waals surface area contributed by atoms with Crippen molar-refractivity contribution in [1.82, 2.24) is 9.80 Å². The van der Waals surface area contributed by atoms with Gasteiger partial charge in [-0.05, 0) is 71.9 Å². The maximum atomic E-state index is 2.47. The first-order valence-electron chi connectivity index (χ1n) is 7.09. The summed E-state index contributed by atoms with van der Waals surface area (Å²) in [4.78, 5) is 4.93. The molecule has 0 unspecified atom stereocenters. The van der Waals surface area contributed by atoms with Crippen LogP contribution in [0.4, 0.5) is 0 Å². The van der Waals surface area contributed by atoms with E-state index in [0.29, 0.717) is 0 Å². The first-order chi connectivity index (χ1) is 7.72. The minimum atomic E-state index is 1.02. The SMILES string of the molecule is CCCN(C)CCCCC1CCN(C)CC1. The van der Waals surface area contributed by atoms with Crippen molar-refractivity contribution >= 4 is 0 Å². The molecule has 0 radical (unpaired) electrons. The Balaban J connectivity index is 1.95. The van der Waals surface area contributed by atoms with Crippen LogP contribution in [-0.2, 0) is 0 Å². The molecule has 1 rings (SSSR count). The summed E-state index contributed by atoms with van der Waals surface area (Å²) in [6.45, 7) is 7.45. The third kappa shape index (κ3) is 5.86. The smallest absolute Gasteiger partial charge is 0.00191 e. The summed E-state index contributed by atoms with van der Waals surface area (Å²) in [6, 6.07) is 0. The molecule has 0 atom stereocenters. The second kappa shape index (κ2) is 8.08. The zero-order valence-electron chi connectivity index (χ0n) is 11.5. The summed E-state index contributed by atoms with van der Waals surface area (Å²) in [5, 5.41) is 0. The van der Waals surface area contributed by atoms with Crippen molar-refractivity contribution in [3.8, 4) is 0 Å². The number of hydrogen-bond donors (Lipinski definition) is 0. The van der Waals surface area contributed by atoms with E-state index in [-0.39, 0.29) is 0 Å². The van der Waals surface area contributed by atoms with Crippen LogP contribution in [-0.4, -0.2) is 50.1 Å². The van der Waals surface area contributed by atoms with E-state index < -0.39 is 0 Å². The number of hydrogen-bond acceptors (Lipinski definition) is 2. The molecule has 0 saturated carbocycles. The lowest BCUT2D eigenvalue weighted by Gasteiger charge is -2.29. The Hall–Kier alpha value is -0.0800. The Kier molecular flexibility index (Phi) is 7.06. The van der Waals surface area contributed by atoms with Crippen molar-refractivity contribution in [2.24, 2.45) is 5.92 Å². The fourth-order valence-electron chi connectivity index (χ4n) is 2.66. The maximum absolute atomic E-state index is 2.47. The fourth-order valence-corrected chi connectivity index (χ4v) is 2.66. The van der Waals surface area contributed by atoms with Gasteiger partial charge in [-0.3, -0.25) is 0 Å². The number of rotatable bonds is 7. The molecule has 2 heteroatoms. The quantitative estimate of drug-likeness (QED) is 0.616. The van der Waals surface area contributed by atoms with E-state index in [9.17, 15) is 0 Å². The predicted molar refractivity (Wildman–Crippen MR) is 71.9 cm³/mol. The van der Waals surface area contributed by atoms with Crippen molar-refractivity contribution in [2.45, 2.75) is 45.4 Å². The van der Waals surface area contributed by atoms with E-state index in [1.165, 1.54) is 64.7 Å². The zero-order valence-corrected chi connectivity index (χ0v) is 11.5. The summed E-state index contributed by atoms with van der Waals surface area (Å²) in [7, 11) is 4.50. The number of piperidine rings is 1. The van der Waals surface area contributed by atoms with Crippen LogP contribution in [0.3, 0.4) is 0 Å². The van der Waals surface area contributed by atoms with Crippen LogP contribution in [0.1, 0.15) is 45.4 Å². The average Bonchev–Trinajstić information content (AvgIpc) is 2.27. The summed E-state index contributed by atoms with van der Waals surface area (Å²) < 4.78 is 0. The van der Waals surface area contributed by atoms with Gasteiger partial charge >= 0.3 is 0 Å². The molecule has 0 aliphatic carbocycles. The number of likely N-dealkylation sites (tertiary alicyclic amines) is 1. The molecule has 0 aromatic carbocycles. The minimum Gasteiger partial charge on any atom is -0.306 e. The lowest BCUT2D eigenvalue weighted by atomic mass is 9.92. The molecule has 2 nitrogen and oxygen atoms in total. The third-order valence-corrected chi connectivity index (χ3v) is 3.85. The second-order valence-electron chi connectivity index (χ2n) is 5.55. The highest BCUT2D eigenvalue weighted by atomic mass is 15.1. The van der Waals surface area contributed by atoms with Gasteiger partial charge in [0.25, 0.3) is 0 Å². The van der Waals surface area contributed by atoms with Gasteiger partial charge in [-0.2, -0.15) is 0 Å². The molecule has 0 N–H and O–H groups in total. The van der Waals surface area contributed by atoms with E-state index in [4.69, 9.17) is 0 Å². The Bertz CT molecular complexity index is 162. The van der Waals surface area contributed by atoms with Crippen LogP contribution >= 0.6 is 0 Å². The minimum absolute atomic E-state index is 1.02. The molecule has 1 heterocycles. The highest BCUT2D eigenvalue weighted by Crippen LogP contribution is 2.21. The molecule has 1 aliphatic rings. The van der Waals surface area contributed by atoms with Gasteiger partial charge in [0, 0.05) is 0 Å². The zero-order chi connectivity index (χ0) is 11.8. The van der Waals surface area contributed by atoms with Crippen LogP contribution in [0.2, 0.25) is 0 Å². The van der Waals surface area contributed by atoms with E-state index in [1.807, 2.05) is 0 Å². The summed E-state index contributed by atoms with van der Waals surface area (Å²) in [6.07, 6.45) is 8.44. The molecular formula is C14H30N2. The van der Waals surface area contributed by atoms with Gasteiger partial charge in [-0.1, -0.05) is 19.8 Å². The monoisotopic (exact) mass is 226 g/mol. The molecule has 0 spiro atoms. The summed E-state index contributed by atoms with van der Waals surface area (Å²) in [5.74, 6) is 1.02. The van der Waals surface area contributed by atoms with Crippen molar-refractivity contribution in [3.63, 3.8) is 0 Å². The first-order valence-corrected chi connectivity index (χ1v) is 7.09. The molecule has 1 fully saturated rings. The third-order valence-electron chi connectivity index (χ3n) is 3.85. The molecule has 96 valence electrons. The summed E-state index contributed by atoms with van der Waals surface area (Å²) in [5.41, 5.74) is 0. The number of nitrogens with zero attached hydrogens (tertiary/aromatic N) is 2. The molecule has 0 aromatic heterocycles. The summed E-state index contributed by atoms with van der Waals surface area (Å²) >= 11 is 0. The van der Waals surface area contributed by atoms with Crippen molar-refractivity contribution in [3.05, 3.63) is 0 Å². The van der Waals surface area contributed by atoms with Crippen LogP contribution in [0.5, 0.6) is 0 Å². The maximum Gasteiger partial charge on any atom is -0.00191 e. The van der Waals surface area contributed by atoms with E-state index >= 15 is 0 Å².